The molecule has 0 saturated heterocycles. The molecular weight excluding hydrogens is 392 g/mol. The van der Waals surface area contributed by atoms with E-state index in [2.05, 4.69) is 20.8 Å². The average Bonchev–Trinajstić information content (AvgIpc) is 3.07. The van der Waals surface area contributed by atoms with Crippen molar-refractivity contribution in [2.75, 3.05) is 7.11 Å². The molecule has 0 amide bonds. The van der Waals surface area contributed by atoms with Crippen LogP contribution in [0.4, 0.5) is 0 Å². The van der Waals surface area contributed by atoms with Crippen molar-refractivity contribution < 1.29 is 24.9 Å². The fourth-order valence-electron chi connectivity index (χ4n) is 9.18. The molecular formula is C26H44O5. The van der Waals surface area contributed by atoms with Crippen molar-refractivity contribution in [3.8, 4) is 0 Å². The number of hydrogen-bond acceptors (Lipinski definition) is 4. The predicted molar refractivity (Wildman–Crippen MR) is 119 cm³/mol. The number of carboxylic acids is 1. The molecule has 4 aliphatic rings. The Hall–Kier alpha value is -0.650. The molecule has 5 heteroatoms. The number of hydrogen-bond donors (Lipinski definition) is 3. The van der Waals surface area contributed by atoms with Crippen molar-refractivity contribution in [2.45, 2.75) is 97.4 Å². The van der Waals surface area contributed by atoms with Crippen LogP contribution in [0.1, 0.15) is 79.1 Å². The van der Waals surface area contributed by atoms with Crippen LogP contribution in [0.15, 0.2) is 0 Å². The molecule has 3 N–H and O–H groups in total. The maximum absolute atomic E-state index is 11.6. The van der Waals surface area contributed by atoms with Crippen LogP contribution in [0.2, 0.25) is 0 Å². The fourth-order valence-corrected chi connectivity index (χ4v) is 9.18. The van der Waals surface area contributed by atoms with Gasteiger partial charge in [-0.3, -0.25) is 4.79 Å². The van der Waals surface area contributed by atoms with Crippen molar-refractivity contribution in [3.05, 3.63) is 0 Å². The van der Waals surface area contributed by atoms with Crippen LogP contribution in [0.3, 0.4) is 0 Å². The Morgan fingerprint density at radius 1 is 1.06 bits per heavy atom. The van der Waals surface area contributed by atoms with E-state index in [0.717, 1.165) is 44.9 Å². The number of rotatable bonds is 5. The number of aliphatic hydroxyl groups excluding tert-OH is 2. The number of methoxy groups -OCH3 is 1. The second kappa shape index (κ2) is 8.29. The normalized spacial score (nSPS) is 51.3. The highest BCUT2D eigenvalue weighted by atomic mass is 16.5. The largest absolute Gasteiger partial charge is 0.481 e. The van der Waals surface area contributed by atoms with Gasteiger partial charge >= 0.3 is 5.97 Å². The summed E-state index contributed by atoms with van der Waals surface area (Å²) < 4.78 is 6.13. The minimum Gasteiger partial charge on any atom is -0.481 e. The first-order chi connectivity index (χ1) is 14.5. The van der Waals surface area contributed by atoms with Gasteiger partial charge in [0.05, 0.1) is 24.2 Å². The van der Waals surface area contributed by atoms with Gasteiger partial charge in [0.25, 0.3) is 0 Å². The van der Waals surface area contributed by atoms with E-state index in [1.807, 2.05) is 14.0 Å². The number of fused-ring (bicyclic) bond motifs is 5. The Bertz CT molecular complexity index is 681. The molecule has 0 aromatic carbocycles. The Kier molecular flexibility index (Phi) is 6.28. The van der Waals surface area contributed by atoms with Gasteiger partial charge in [0.15, 0.2) is 0 Å². The summed E-state index contributed by atoms with van der Waals surface area (Å²) in [6, 6.07) is 0. The number of ether oxygens (including phenoxy) is 1. The molecule has 0 bridgehead atoms. The molecule has 0 heterocycles. The molecule has 4 fully saturated rings. The molecule has 12 atom stereocenters. The molecule has 31 heavy (non-hydrogen) atoms. The highest BCUT2D eigenvalue weighted by molar-refractivity contribution is 5.69. The lowest BCUT2D eigenvalue weighted by Crippen LogP contribution is -2.62. The van der Waals surface area contributed by atoms with E-state index >= 15 is 0 Å². The predicted octanol–water partition coefficient (Wildman–Crippen LogP) is 4.35. The van der Waals surface area contributed by atoms with E-state index in [1.54, 1.807) is 0 Å². The second-order valence-corrected chi connectivity index (χ2v) is 12.2. The molecule has 178 valence electrons. The SMILES string of the molecule is CO[C@@H]1C[C@@H]2C[C@H](O)CC[C@]2(C)[C@H]2C[C@H](O)[C@]3(C)[C@@H]([C@H](C)C[C@@H](C)C(=O)O)CC[C@H]3[C@H]12. The molecule has 0 unspecified atom stereocenters. The lowest BCUT2D eigenvalue weighted by atomic mass is 9.43. The Labute approximate surface area is 187 Å². The molecule has 0 aromatic rings. The first-order valence-electron chi connectivity index (χ1n) is 12.7. The van der Waals surface area contributed by atoms with Gasteiger partial charge in [-0.05, 0) is 97.7 Å². The summed E-state index contributed by atoms with van der Waals surface area (Å²) in [6.07, 6.45) is 7.12. The van der Waals surface area contributed by atoms with E-state index in [-0.39, 0.29) is 41.0 Å². The highest BCUT2D eigenvalue weighted by Gasteiger charge is 2.66. The van der Waals surface area contributed by atoms with Crippen molar-refractivity contribution >= 4 is 5.97 Å². The summed E-state index contributed by atoms with van der Waals surface area (Å²) in [5, 5.41) is 31.4. The second-order valence-electron chi connectivity index (χ2n) is 12.2. The standard InChI is InChI=1S/C26H44O5/c1-14(10-15(2)24(29)30)18-6-7-19-23-20(13-22(28)26(18,19)4)25(3)9-8-17(27)11-16(25)12-21(23)31-5/h14-23,27-28H,6-13H2,1-5H3,(H,29,30)/t14-,15-,16+,17-,18-,19+,20+,21-,22+,23+,25+,26-/m1/s1. The van der Waals surface area contributed by atoms with Gasteiger partial charge in [-0.15, -0.1) is 0 Å². The average molecular weight is 437 g/mol. The maximum Gasteiger partial charge on any atom is 0.306 e. The van der Waals surface area contributed by atoms with Gasteiger partial charge in [0.2, 0.25) is 0 Å². The third-order valence-electron chi connectivity index (χ3n) is 10.9. The zero-order valence-electron chi connectivity index (χ0n) is 20.1. The van der Waals surface area contributed by atoms with Crippen LogP contribution in [-0.4, -0.2) is 46.7 Å². The van der Waals surface area contributed by atoms with Gasteiger partial charge < -0.3 is 20.1 Å². The van der Waals surface area contributed by atoms with Crippen LogP contribution in [0.5, 0.6) is 0 Å². The first kappa shape index (κ1) is 23.5. The number of carboxylic acid groups (broad SMARTS) is 1. The maximum atomic E-state index is 11.6. The zero-order chi connectivity index (χ0) is 22.7. The number of aliphatic hydroxyl groups is 2. The highest BCUT2D eigenvalue weighted by Crippen LogP contribution is 2.68. The first-order valence-corrected chi connectivity index (χ1v) is 12.7. The zero-order valence-corrected chi connectivity index (χ0v) is 20.1. The summed E-state index contributed by atoms with van der Waals surface area (Å²) in [5.74, 6) is 1.33. The van der Waals surface area contributed by atoms with Crippen molar-refractivity contribution in [1.82, 2.24) is 0 Å². The summed E-state index contributed by atoms with van der Waals surface area (Å²) >= 11 is 0. The van der Waals surface area contributed by atoms with E-state index < -0.39 is 5.97 Å². The molecule has 5 nitrogen and oxygen atoms in total. The van der Waals surface area contributed by atoms with Gasteiger partial charge in [-0.2, -0.15) is 0 Å². The van der Waals surface area contributed by atoms with Crippen LogP contribution in [0.25, 0.3) is 0 Å². The fraction of sp³-hybridized carbons (Fsp3) is 0.962. The molecule has 0 spiro atoms. The van der Waals surface area contributed by atoms with Crippen LogP contribution < -0.4 is 0 Å². The summed E-state index contributed by atoms with van der Waals surface area (Å²) in [7, 11) is 1.84. The third kappa shape index (κ3) is 3.58. The summed E-state index contributed by atoms with van der Waals surface area (Å²) in [4.78, 5) is 11.5. The van der Waals surface area contributed by atoms with E-state index in [9.17, 15) is 20.1 Å². The topological polar surface area (TPSA) is 87.0 Å². The molecule has 0 aliphatic heterocycles. The van der Waals surface area contributed by atoms with Gasteiger partial charge in [-0.25, -0.2) is 0 Å². The smallest absolute Gasteiger partial charge is 0.306 e. The minimum atomic E-state index is -0.721. The number of aliphatic carboxylic acids is 1. The molecule has 4 aliphatic carbocycles. The van der Waals surface area contributed by atoms with Gasteiger partial charge in [0, 0.05) is 7.11 Å². The minimum absolute atomic E-state index is 0.169. The van der Waals surface area contributed by atoms with E-state index in [0.29, 0.717) is 36.0 Å². The Morgan fingerprint density at radius 2 is 1.77 bits per heavy atom. The van der Waals surface area contributed by atoms with Crippen molar-refractivity contribution in [1.29, 1.82) is 0 Å². The third-order valence-corrected chi connectivity index (χ3v) is 10.9. The quantitative estimate of drug-likeness (QED) is 0.596. The van der Waals surface area contributed by atoms with E-state index in [1.165, 1.54) is 0 Å². The van der Waals surface area contributed by atoms with Crippen molar-refractivity contribution in [2.24, 2.45) is 52.3 Å². The van der Waals surface area contributed by atoms with Crippen molar-refractivity contribution in [3.63, 3.8) is 0 Å². The number of carbonyl (C=O) groups is 1. The molecule has 0 radical (unpaired) electrons. The molecule has 4 rings (SSSR count). The van der Waals surface area contributed by atoms with Crippen LogP contribution in [0, 0.1) is 52.3 Å². The summed E-state index contributed by atoms with van der Waals surface area (Å²) in [5.41, 5.74) is -0.00424. The molecule has 0 aromatic heterocycles. The lowest BCUT2D eigenvalue weighted by Gasteiger charge is -2.64. The molecule has 4 saturated carbocycles. The lowest BCUT2D eigenvalue weighted by molar-refractivity contribution is -0.212. The monoisotopic (exact) mass is 436 g/mol. The summed E-state index contributed by atoms with van der Waals surface area (Å²) in [6.45, 7) is 8.72. The van der Waals surface area contributed by atoms with Crippen LogP contribution >= 0.6 is 0 Å². The van der Waals surface area contributed by atoms with Gasteiger partial charge in [-0.1, -0.05) is 27.7 Å². The van der Waals surface area contributed by atoms with E-state index in [4.69, 9.17) is 4.74 Å². The van der Waals surface area contributed by atoms with Gasteiger partial charge in [0.1, 0.15) is 0 Å². The Balaban J connectivity index is 1.63. The van der Waals surface area contributed by atoms with Crippen LogP contribution in [-0.2, 0) is 9.53 Å². The Morgan fingerprint density at radius 3 is 2.42 bits per heavy atom.